The fourth-order valence-electron chi connectivity index (χ4n) is 2.70. The van der Waals surface area contributed by atoms with Crippen molar-refractivity contribution in [2.45, 2.75) is 12.5 Å². The number of nitrogens with zero attached hydrogens (tertiary/aromatic N) is 1. The molecule has 2 aromatic carbocycles. The summed E-state index contributed by atoms with van der Waals surface area (Å²) in [6.45, 7) is -0.512. The zero-order valence-corrected chi connectivity index (χ0v) is 15.2. The van der Waals surface area contributed by atoms with Crippen molar-refractivity contribution in [3.8, 4) is 0 Å². The topological polar surface area (TPSA) is 110 Å². The lowest BCUT2D eigenvalue weighted by Crippen LogP contribution is -2.44. The van der Waals surface area contributed by atoms with E-state index >= 15 is 0 Å². The summed E-state index contributed by atoms with van der Waals surface area (Å²) in [5.41, 5.74) is 1.84. The Hall–Kier alpha value is -3.68. The Morgan fingerprint density at radius 2 is 1.93 bits per heavy atom. The van der Waals surface area contributed by atoms with E-state index in [1.807, 2.05) is 30.3 Å². The zero-order chi connectivity index (χ0) is 19.9. The van der Waals surface area contributed by atoms with Gasteiger partial charge >= 0.3 is 11.9 Å². The standard InChI is InChI=1S/C20H19N3O5/c1-27-20(26)17(9-13-5-3-2-4-6-13)22-18(24)12-28-19(25)14-7-8-15-11-21-23-16(15)10-14/h2-8,10-11,17H,9,12H2,1H3,(H,21,23)(H,22,24). The van der Waals surface area contributed by atoms with Crippen LogP contribution in [0.3, 0.4) is 0 Å². The molecular weight excluding hydrogens is 362 g/mol. The third-order valence-electron chi connectivity index (χ3n) is 4.12. The molecule has 1 unspecified atom stereocenters. The normalized spacial score (nSPS) is 11.6. The second kappa shape index (κ2) is 8.81. The number of H-pyrrole nitrogens is 1. The van der Waals surface area contributed by atoms with Gasteiger partial charge in [-0.25, -0.2) is 9.59 Å². The van der Waals surface area contributed by atoms with Crippen LogP contribution in [0.25, 0.3) is 10.9 Å². The number of carbonyl (C=O) groups excluding carboxylic acids is 3. The third-order valence-corrected chi connectivity index (χ3v) is 4.12. The Balaban J connectivity index is 1.57. The molecule has 28 heavy (non-hydrogen) atoms. The number of amides is 1. The molecule has 0 saturated heterocycles. The number of carbonyl (C=O) groups is 3. The highest BCUT2D eigenvalue weighted by atomic mass is 16.5. The van der Waals surface area contributed by atoms with E-state index in [0.29, 0.717) is 11.1 Å². The van der Waals surface area contributed by atoms with Crippen molar-refractivity contribution in [2.75, 3.05) is 13.7 Å². The molecule has 1 atom stereocenters. The van der Waals surface area contributed by atoms with E-state index in [4.69, 9.17) is 9.47 Å². The number of hydrogen-bond acceptors (Lipinski definition) is 6. The lowest BCUT2D eigenvalue weighted by atomic mass is 10.1. The van der Waals surface area contributed by atoms with Gasteiger partial charge in [-0.3, -0.25) is 9.89 Å². The largest absolute Gasteiger partial charge is 0.467 e. The number of rotatable bonds is 7. The van der Waals surface area contributed by atoms with Gasteiger partial charge in [0.15, 0.2) is 6.61 Å². The second-order valence-electron chi connectivity index (χ2n) is 6.08. The molecular formula is C20H19N3O5. The molecule has 0 spiro atoms. The van der Waals surface area contributed by atoms with Crippen LogP contribution in [0.5, 0.6) is 0 Å². The van der Waals surface area contributed by atoms with Gasteiger partial charge in [0.2, 0.25) is 0 Å². The molecule has 0 radical (unpaired) electrons. The minimum absolute atomic E-state index is 0.268. The average Bonchev–Trinajstić information content (AvgIpc) is 3.19. The summed E-state index contributed by atoms with van der Waals surface area (Å²) in [4.78, 5) is 36.3. The molecule has 1 aromatic heterocycles. The van der Waals surface area contributed by atoms with Crippen LogP contribution in [-0.4, -0.2) is 47.8 Å². The SMILES string of the molecule is COC(=O)C(Cc1ccccc1)NC(=O)COC(=O)c1ccc2cn[nH]c2c1. The van der Waals surface area contributed by atoms with Crippen LogP contribution in [0, 0.1) is 0 Å². The van der Waals surface area contributed by atoms with Gasteiger partial charge in [-0.1, -0.05) is 36.4 Å². The molecule has 3 aromatic rings. The highest BCUT2D eigenvalue weighted by molar-refractivity contribution is 5.95. The number of aromatic amines is 1. The summed E-state index contributed by atoms with van der Waals surface area (Å²) < 4.78 is 9.79. The molecule has 3 rings (SSSR count). The predicted molar refractivity (Wildman–Crippen MR) is 100 cm³/mol. The van der Waals surface area contributed by atoms with Crippen LogP contribution in [0.4, 0.5) is 0 Å². The molecule has 2 N–H and O–H groups in total. The molecule has 0 saturated carbocycles. The van der Waals surface area contributed by atoms with E-state index in [1.54, 1.807) is 24.4 Å². The monoisotopic (exact) mass is 381 g/mol. The van der Waals surface area contributed by atoms with Crippen molar-refractivity contribution >= 4 is 28.7 Å². The van der Waals surface area contributed by atoms with E-state index in [2.05, 4.69) is 15.5 Å². The van der Waals surface area contributed by atoms with E-state index in [-0.39, 0.29) is 6.42 Å². The Labute approximate surface area is 160 Å². The Morgan fingerprint density at radius 3 is 2.68 bits per heavy atom. The van der Waals surface area contributed by atoms with Crippen LogP contribution in [0.1, 0.15) is 15.9 Å². The number of ether oxygens (including phenoxy) is 2. The molecule has 8 nitrogen and oxygen atoms in total. The Kier molecular flexibility index (Phi) is 6.01. The minimum atomic E-state index is -0.875. The predicted octanol–water partition coefficient (Wildman–Crippen LogP) is 1.62. The summed E-state index contributed by atoms with van der Waals surface area (Å²) in [5, 5.41) is 10.0. The maximum absolute atomic E-state index is 12.2. The van der Waals surface area contributed by atoms with E-state index in [0.717, 1.165) is 10.9 Å². The fraction of sp³-hybridized carbons (Fsp3) is 0.200. The van der Waals surface area contributed by atoms with Gasteiger partial charge in [0, 0.05) is 11.8 Å². The van der Waals surface area contributed by atoms with Crippen molar-refractivity contribution in [1.29, 1.82) is 0 Å². The number of benzene rings is 2. The van der Waals surface area contributed by atoms with Crippen LogP contribution >= 0.6 is 0 Å². The maximum Gasteiger partial charge on any atom is 0.338 e. The lowest BCUT2D eigenvalue weighted by molar-refractivity contribution is -0.145. The number of methoxy groups -OCH3 is 1. The number of nitrogens with one attached hydrogen (secondary N) is 2. The summed E-state index contributed by atoms with van der Waals surface area (Å²) in [6.07, 6.45) is 1.90. The van der Waals surface area contributed by atoms with Crippen LogP contribution < -0.4 is 5.32 Å². The first-order valence-corrected chi connectivity index (χ1v) is 8.58. The molecule has 0 bridgehead atoms. The van der Waals surface area contributed by atoms with E-state index in [9.17, 15) is 14.4 Å². The highest BCUT2D eigenvalue weighted by Gasteiger charge is 2.22. The Morgan fingerprint density at radius 1 is 1.14 bits per heavy atom. The van der Waals surface area contributed by atoms with Gasteiger partial charge in [-0.05, 0) is 17.7 Å². The van der Waals surface area contributed by atoms with Crippen LogP contribution in [0.2, 0.25) is 0 Å². The Bertz CT molecular complexity index is 984. The fourth-order valence-corrected chi connectivity index (χ4v) is 2.70. The first kappa shape index (κ1) is 19.1. The number of aromatic nitrogens is 2. The van der Waals surface area contributed by atoms with Gasteiger partial charge in [0.1, 0.15) is 6.04 Å². The molecule has 1 amide bonds. The quantitative estimate of drug-likeness (QED) is 0.602. The zero-order valence-electron chi connectivity index (χ0n) is 15.2. The number of hydrogen-bond donors (Lipinski definition) is 2. The molecule has 8 heteroatoms. The molecule has 0 aliphatic heterocycles. The number of esters is 2. The highest BCUT2D eigenvalue weighted by Crippen LogP contribution is 2.13. The van der Waals surface area contributed by atoms with E-state index in [1.165, 1.54) is 7.11 Å². The third kappa shape index (κ3) is 4.73. The summed E-state index contributed by atoms with van der Waals surface area (Å²) in [5.74, 6) is -1.82. The first-order valence-electron chi connectivity index (χ1n) is 8.58. The molecule has 1 heterocycles. The summed E-state index contributed by atoms with van der Waals surface area (Å²) in [7, 11) is 1.25. The van der Waals surface area contributed by atoms with Gasteiger partial charge in [-0.2, -0.15) is 5.10 Å². The van der Waals surface area contributed by atoms with Crippen molar-refractivity contribution < 1.29 is 23.9 Å². The maximum atomic E-state index is 12.2. The van der Waals surface area contributed by atoms with Gasteiger partial charge in [0.25, 0.3) is 5.91 Å². The van der Waals surface area contributed by atoms with Gasteiger partial charge < -0.3 is 14.8 Å². The minimum Gasteiger partial charge on any atom is -0.467 e. The lowest BCUT2D eigenvalue weighted by Gasteiger charge is -2.16. The van der Waals surface area contributed by atoms with E-state index < -0.39 is 30.5 Å². The smallest absolute Gasteiger partial charge is 0.338 e. The second-order valence-corrected chi connectivity index (χ2v) is 6.08. The molecule has 0 aliphatic carbocycles. The van der Waals surface area contributed by atoms with Crippen molar-refractivity contribution in [1.82, 2.24) is 15.5 Å². The summed E-state index contributed by atoms with van der Waals surface area (Å²) in [6, 6.07) is 13.2. The van der Waals surface area contributed by atoms with Crippen molar-refractivity contribution in [3.63, 3.8) is 0 Å². The van der Waals surface area contributed by atoms with Gasteiger partial charge in [-0.15, -0.1) is 0 Å². The van der Waals surface area contributed by atoms with Gasteiger partial charge in [0.05, 0.1) is 24.4 Å². The summed E-state index contributed by atoms with van der Waals surface area (Å²) >= 11 is 0. The number of fused-ring (bicyclic) bond motifs is 1. The first-order chi connectivity index (χ1) is 13.6. The van der Waals surface area contributed by atoms with Crippen LogP contribution in [0.15, 0.2) is 54.7 Å². The van der Waals surface area contributed by atoms with Crippen molar-refractivity contribution in [3.05, 3.63) is 65.9 Å². The average molecular weight is 381 g/mol. The molecule has 0 aliphatic rings. The van der Waals surface area contributed by atoms with Crippen LogP contribution in [-0.2, 0) is 25.5 Å². The molecule has 0 fully saturated rings. The van der Waals surface area contributed by atoms with Crippen molar-refractivity contribution in [2.24, 2.45) is 0 Å². The molecule has 144 valence electrons.